The Bertz CT molecular complexity index is 796. The standard InChI is InChI=1S/C16H19N5O/c1-16(2,9-22-3)14-13-11(17)5-4-6-12(13)19-15(20-14)21-8-7-18-10-21/h4-8,10H,9,17H2,1-3H3. The molecule has 0 atom stereocenters. The summed E-state index contributed by atoms with van der Waals surface area (Å²) in [4.78, 5) is 13.4. The molecule has 6 heteroatoms. The number of hydrogen-bond donors (Lipinski definition) is 1. The number of fused-ring (bicyclic) bond motifs is 1. The molecule has 0 aliphatic heterocycles. The third kappa shape index (κ3) is 2.42. The van der Waals surface area contributed by atoms with E-state index < -0.39 is 0 Å². The van der Waals surface area contributed by atoms with Crippen molar-refractivity contribution in [2.75, 3.05) is 19.5 Å². The number of imidazole rings is 1. The maximum atomic E-state index is 6.18. The molecule has 3 aromatic rings. The third-order valence-corrected chi connectivity index (χ3v) is 3.63. The van der Waals surface area contributed by atoms with Gasteiger partial charge in [-0.2, -0.15) is 0 Å². The quantitative estimate of drug-likeness (QED) is 0.748. The number of anilines is 1. The second-order valence-corrected chi connectivity index (χ2v) is 5.90. The van der Waals surface area contributed by atoms with Crippen molar-refractivity contribution in [3.05, 3.63) is 42.6 Å². The molecule has 3 rings (SSSR count). The highest BCUT2D eigenvalue weighted by Gasteiger charge is 2.27. The molecule has 114 valence electrons. The lowest BCUT2D eigenvalue weighted by molar-refractivity contribution is 0.145. The van der Waals surface area contributed by atoms with E-state index in [1.807, 2.05) is 24.4 Å². The van der Waals surface area contributed by atoms with Crippen LogP contribution in [0.2, 0.25) is 0 Å². The summed E-state index contributed by atoms with van der Waals surface area (Å²) < 4.78 is 7.15. The fourth-order valence-electron chi connectivity index (χ4n) is 2.61. The van der Waals surface area contributed by atoms with Crippen LogP contribution in [-0.4, -0.2) is 33.2 Å². The number of methoxy groups -OCH3 is 1. The first-order valence-corrected chi connectivity index (χ1v) is 7.07. The molecule has 2 heterocycles. The Labute approximate surface area is 129 Å². The molecule has 0 saturated carbocycles. The first kappa shape index (κ1) is 14.5. The normalized spacial score (nSPS) is 12.0. The van der Waals surface area contributed by atoms with Gasteiger partial charge < -0.3 is 10.5 Å². The van der Waals surface area contributed by atoms with Crippen LogP contribution >= 0.6 is 0 Å². The van der Waals surface area contributed by atoms with Crippen molar-refractivity contribution in [2.24, 2.45) is 0 Å². The lowest BCUT2D eigenvalue weighted by Crippen LogP contribution is -2.26. The fraction of sp³-hybridized carbons (Fsp3) is 0.312. The molecular formula is C16H19N5O. The van der Waals surface area contributed by atoms with Crippen molar-refractivity contribution in [3.63, 3.8) is 0 Å². The number of rotatable bonds is 4. The fourth-order valence-corrected chi connectivity index (χ4v) is 2.61. The monoisotopic (exact) mass is 297 g/mol. The molecule has 0 spiro atoms. The van der Waals surface area contributed by atoms with Gasteiger partial charge in [-0.3, -0.25) is 4.57 Å². The summed E-state index contributed by atoms with van der Waals surface area (Å²) >= 11 is 0. The smallest absolute Gasteiger partial charge is 0.235 e. The van der Waals surface area contributed by atoms with Gasteiger partial charge in [-0.25, -0.2) is 15.0 Å². The summed E-state index contributed by atoms with van der Waals surface area (Å²) in [6.45, 7) is 4.71. The molecule has 0 aliphatic carbocycles. The first-order valence-electron chi connectivity index (χ1n) is 7.07. The summed E-state index contributed by atoms with van der Waals surface area (Å²) in [5.41, 5.74) is 8.26. The summed E-state index contributed by atoms with van der Waals surface area (Å²) in [5, 5.41) is 0.883. The van der Waals surface area contributed by atoms with Crippen LogP contribution in [0.5, 0.6) is 0 Å². The number of nitrogens with two attached hydrogens (primary N) is 1. The minimum Gasteiger partial charge on any atom is -0.398 e. The highest BCUT2D eigenvalue weighted by Crippen LogP contribution is 2.32. The second kappa shape index (κ2) is 5.38. The summed E-state index contributed by atoms with van der Waals surface area (Å²) in [6.07, 6.45) is 5.20. The maximum Gasteiger partial charge on any atom is 0.235 e. The molecule has 0 radical (unpaired) electrons. The average Bonchev–Trinajstić information content (AvgIpc) is 3.00. The molecule has 1 aromatic carbocycles. The minimum atomic E-state index is -0.291. The topological polar surface area (TPSA) is 78.8 Å². The molecule has 6 nitrogen and oxygen atoms in total. The Kier molecular flexibility index (Phi) is 3.54. The van der Waals surface area contributed by atoms with Gasteiger partial charge in [0, 0.05) is 36.0 Å². The first-order chi connectivity index (χ1) is 10.5. The largest absolute Gasteiger partial charge is 0.398 e. The van der Waals surface area contributed by atoms with Crippen LogP contribution in [0.4, 0.5) is 5.69 Å². The molecular weight excluding hydrogens is 278 g/mol. The van der Waals surface area contributed by atoms with Gasteiger partial charge in [0.1, 0.15) is 6.33 Å². The van der Waals surface area contributed by atoms with Crippen LogP contribution in [0.15, 0.2) is 36.9 Å². The predicted octanol–water partition coefficient (Wildman–Crippen LogP) is 2.32. The number of nitrogens with zero attached hydrogens (tertiary/aromatic N) is 4. The van der Waals surface area contributed by atoms with Gasteiger partial charge in [0.25, 0.3) is 0 Å². The van der Waals surface area contributed by atoms with Crippen LogP contribution in [0.3, 0.4) is 0 Å². The van der Waals surface area contributed by atoms with Crippen molar-refractivity contribution in [1.82, 2.24) is 19.5 Å². The van der Waals surface area contributed by atoms with Crippen LogP contribution in [0.25, 0.3) is 16.9 Å². The number of nitrogen functional groups attached to an aromatic ring is 1. The van der Waals surface area contributed by atoms with E-state index in [0.717, 1.165) is 16.6 Å². The Morgan fingerprint density at radius 1 is 1.27 bits per heavy atom. The van der Waals surface area contributed by atoms with Crippen molar-refractivity contribution in [1.29, 1.82) is 0 Å². The van der Waals surface area contributed by atoms with Crippen LogP contribution < -0.4 is 5.73 Å². The van der Waals surface area contributed by atoms with E-state index in [4.69, 9.17) is 15.5 Å². The molecule has 2 N–H and O–H groups in total. The highest BCUT2D eigenvalue weighted by molar-refractivity contribution is 5.93. The molecule has 22 heavy (non-hydrogen) atoms. The summed E-state index contributed by atoms with van der Waals surface area (Å²) in [5.74, 6) is 0.578. The molecule has 0 fully saturated rings. The lowest BCUT2D eigenvalue weighted by Gasteiger charge is -2.25. The van der Waals surface area contributed by atoms with Crippen LogP contribution in [0.1, 0.15) is 19.5 Å². The Balaban J connectivity index is 2.32. The lowest BCUT2D eigenvalue weighted by atomic mass is 9.87. The van der Waals surface area contributed by atoms with E-state index in [1.165, 1.54) is 0 Å². The maximum absolute atomic E-state index is 6.18. The Hall–Kier alpha value is -2.47. The number of aromatic nitrogens is 4. The summed E-state index contributed by atoms with van der Waals surface area (Å²) in [7, 11) is 1.69. The van der Waals surface area contributed by atoms with E-state index in [9.17, 15) is 0 Å². The van der Waals surface area contributed by atoms with E-state index >= 15 is 0 Å². The van der Waals surface area contributed by atoms with Gasteiger partial charge in [0.15, 0.2) is 0 Å². The Morgan fingerprint density at radius 2 is 2.09 bits per heavy atom. The van der Waals surface area contributed by atoms with E-state index in [0.29, 0.717) is 18.2 Å². The van der Waals surface area contributed by atoms with Gasteiger partial charge in [0.2, 0.25) is 5.95 Å². The van der Waals surface area contributed by atoms with Crippen molar-refractivity contribution in [2.45, 2.75) is 19.3 Å². The second-order valence-electron chi connectivity index (χ2n) is 5.90. The zero-order valence-electron chi connectivity index (χ0n) is 12.9. The predicted molar refractivity (Wildman–Crippen MR) is 86.0 cm³/mol. The molecule has 0 saturated heterocycles. The van der Waals surface area contributed by atoms with Crippen molar-refractivity contribution in [3.8, 4) is 5.95 Å². The molecule has 2 aromatic heterocycles. The summed E-state index contributed by atoms with van der Waals surface area (Å²) in [6, 6.07) is 5.71. The number of ether oxygens (including phenoxy) is 1. The molecule has 0 unspecified atom stereocenters. The molecule has 0 amide bonds. The Morgan fingerprint density at radius 3 is 2.77 bits per heavy atom. The third-order valence-electron chi connectivity index (χ3n) is 3.63. The average molecular weight is 297 g/mol. The van der Waals surface area contributed by atoms with Crippen molar-refractivity contribution >= 4 is 16.6 Å². The van der Waals surface area contributed by atoms with Crippen LogP contribution in [0, 0.1) is 0 Å². The van der Waals surface area contributed by atoms with E-state index in [2.05, 4.69) is 23.8 Å². The minimum absolute atomic E-state index is 0.291. The molecule has 0 aliphatic rings. The zero-order chi connectivity index (χ0) is 15.7. The van der Waals surface area contributed by atoms with E-state index in [1.54, 1.807) is 24.2 Å². The van der Waals surface area contributed by atoms with Gasteiger partial charge in [-0.05, 0) is 12.1 Å². The SMILES string of the molecule is COCC(C)(C)c1nc(-n2ccnc2)nc2cccc(N)c12. The highest BCUT2D eigenvalue weighted by atomic mass is 16.5. The van der Waals surface area contributed by atoms with Crippen LogP contribution in [-0.2, 0) is 10.2 Å². The number of benzene rings is 1. The van der Waals surface area contributed by atoms with Crippen molar-refractivity contribution < 1.29 is 4.74 Å². The van der Waals surface area contributed by atoms with E-state index in [-0.39, 0.29) is 5.41 Å². The molecule has 0 bridgehead atoms. The van der Waals surface area contributed by atoms with Gasteiger partial charge >= 0.3 is 0 Å². The zero-order valence-corrected chi connectivity index (χ0v) is 12.9. The van der Waals surface area contributed by atoms with Gasteiger partial charge in [0.05, 0.1) is 17.8 Å². The van der Waals surface area contributed by atoms with Gasteiger partial charge in [-0.15, -0.1) is 0 Å². The van der Waals surface area contributed by atoms with Gasteiger partial charge in [-0.1, -0.05) is 19.9 Å². The number of hydrogen-bond acceptors (Lipinski definition) is 5.